The molecule has 0 N–H and O–H groups in total. The first-order chi connectivity index (χ1) is 13.1. The van der Waals surface area contributed by atoms with Gasteiger partial charge >= 0.3 is 23.9 Å². The largest absolute Gasteiger partial charge is 0.463 e. The number of esters is 4. The SMILES string of the molecule is CC(=O)OC[C@H]1O[C@H](OCCCCl)[C@@H](OC(C)=O)[C@@H](OC(C)=O)[C@@H]1OC(C)=O. The van der Waals surface area contributed by atoms with Gasteiger partial charge in [-0.3, -0.25) is 19.2 Å². The van der Waals surface area contributed by atoms with Crippen LogP contribution in [0.3, 0.4) is 0 Å². The summed E-state index contributed by atoms with van der Waals surface area (Å²) < 4.78 is 32.0. The first-order valence-electron chi connectivity index (χ1n) is 8.63. The molecule has 1 aliphatic heterocycles. The molecule has 0 aliphatic carbocycles. The lowest BCUT2D eigenvalue weighted by Gasteiger charge is -2.44. The molecule has 0 aromatic heterocycles. The molecule has 0 saturated carbocycles. The van der Waals surface area contributed by atoms with Crippen molar-refractivity contribution in [3.63, 3.8) is 0 Å². The highest BCUT2D eigenvalue weighted by atomic mass is 35.5. The highest BCUT2D eigenvalue weighted by Gasteiger charge is 2.52. The van der Waals surface area contributed by atoms with Gasteiger partial charge in [0, 0.05) is 33.6 Å². The summed E-state index contributed by atoms with van der Waals surface area (Å²) in [5, 5.41) is 0. The van der Waals surface area contributed by atoms with E-state index in [0.29, 0.717) is 12.3 Å². The maximum Gasteiger partial charge on any atom is 0.303 e. The van der Waals surface area contributed by atoms with Crippen molar-refractivity contribution < 1.29 is 47.6 Å². The maximum absolute atomic E-state index is 11.6. The van der Waals surface area contributed by atoms with Crippen LogP contribution in [0.5, 0.6) is 0 Å². The van der Waals surface area contributed by atoms with Gasteiger partial charge in [-0.15, -0.1) is 11.6 Å². The summed E-state index contributed by atoms with van der Waals surface area (Å²) in [7, 11) is 0. The molecular formula is C17H25ClO10. The maximum atomic E-state index is 11.6. The van der Waals surface area contributed by atoms with Gasteiger partial charge in [0.05, 0.1) is 6.61 Å². The number of rotatable bonds is 9. The van der Waals surface area contributed by atoms with E-state index < -0.39 is 54.6 Å². The Bertz CT molecular complexity index is 566. The van der Waals surface area contributed by atoms with Crippen molar-refractivity contribution in [3.8, 4) is 0 Å². The zero-order valence-corrected chi connectivity index (χ0v) is 16.9. The van der Waals surface area contributed by atoms with Crippen molar-refractivity contribution in [2.75, 3.05) is 19.1 Å². The molecule has 1 heterocycles. The first-order valence-corrected chi connectivity index (χ1v) is 9.17. The monoisotopic (exact) mass is 424 g/mol. The minimum absolute atomic E-state index is 0.164. The summed E-state index contributed by atoms with van der Waals surface area (Å²) >= 11 is 5.64. The van der Waals surface area contributed by atoms with E-state index in [-0.39, 0.29) is 13.2 Å². The van der Waals surface area contributed by atoms with Gasteiger partial charge in [-0.05, 0) is 6.42 Å². The standard InChI is InChI=1S/C17H25ClO10/c1-9(19)24-8-13-14(25-10(2)20)15(26-11(3)21)16(27-12(4)22)17(28-13)23-7-5-6-18/h13-17H,5-8H2,1-4H3/t13-,14-,15+,16+,17+/m1/s1. The van der Waals surface area contributed by atoms with E-state index >= 15 is 0 Å². The highest BCUT2D eigenvalue weighted by Crippen LogP contribution is 2.30. The Kier molecular flexibility index (Phi) is 10.2. The number of halogens is 1. The molecule has 0 unspecified atom stereocenters. The highest BCUT2D eigenvalue weighted by molar-refractivity contribution is 6.17. The number of hydrogen-bond acceptors (Lipinski definition) is 10. The summed E-state index contributed by atoms with van der Waals surface area (Å²) in [6.07, 6.45) is -5.35. The second-order valence-corrected chi connectivity index (χ2v) is 6.36. The van der Waals surface area contributed by atoms with Crippen LogP contribution in [-0.2, 0) is 47.6 Å². The molecule has 1 fully saturated rings. The Labute approximate surface area is 167 Å². The third-order valence-electron chi connectivity index (χ3n) is 3.51. The zero-order valence-electron chi connectivity index (χ0n) is 16.2. The Balaban J connectivity index is 3.21. The third kappa shape index (κ3) is 7.99. The Hall–Kier alpha value is -1.91. The lowest BCUT2D eigenvalue weighted by Crippen LogP contribution is -2.63. The molecule has 5 atom stereocenters. The molecule has 1 rings (SSSR count). The fourth-order valence-electron chi connectivity index (χ4n) is 2.58. The van der Waals surface area contributed by atoms with Gasteiger partial charge in [-0.25, -0.2) is 0 Å². The second kappa shape index (κ2) is 11.8. The average Bonchev–Trinajstić information content (AvgIpc) is 2.57. The Morgan fingerprint density at radius 2 is 1.36 bits per heavy atom. The third-order valence-corrected chi connectivity index (χ3v) is 3.78. The summed E-state index contributed by atoms with van der Waals surface area (Å²) in [6.45, 7) is 4.52. The fraction of sp³-hybridized carbons (Fsp3) is 0.765. The van der Waals surface area contributed by atoms with Crippen LogP contribution in [0.25, 0.3) is 0 Å². The van der Waals surface area contributed by atoms with E-state index in [9.17, 15) is 19.2 Å². The van der Waals surface area contributed by atoms with E-state index in [1.54, 1.807) is 0 Å². The molecule has 0 bridgehead atoms. The molecule has 0 amide bonds. The molecule has 0 radical (unpaired) electrons. The number of carbonyl (C=O) groups is 4. The second-order valence-electron chi connectivity index (χ2n) is 5.98. The fourth-order valence-corrected chi connectivity index (χ4v) is 2.69. The summed E-state index contributed by atoms with van der Waals surface area (Å²) in [6, 6.07) is 0. The quantitative estimate of drug-likeness (QED) is 0.226. The number of hydrogen-bond donors (Lipinski definition) is 0. The van der Waals surface area contributed by atoms with Crippen molar-refractivity contribution in [1.82, 2.24) is 0 Å². The van der Waals surface area contributed by atoms with Gasteiger partial charge in [0.25, 0.3) is 0 Å². The van der Waals surface area contributed by atoms with E-state index in [4.69, 9.17) is 40.0 Å². The van der Waals surface area contributed by atoms with Crippen molar-refractivity contribution in [2.24, 2.45) is 0 Å². The molecule has 28 heavy (non-hydrogen) atoms. The predicted molar refractivity (Wildman–Crippen MR) is 93.2 cm³/mol. The number of carbonyl (C=O) groups excluding carboxylic acids is 4. The van der Waals surface area contributed by atoms with Crippen molar-refractivity contribution in [1.29, 1.82) is 0 Å². The van der Waals surface area contributed by atoms with Crippen LogP contribution >= 0.6 is 11.6 Å². The molecule has 0 aromatic carbocycles. The van der Waals surface area contributed by atoms with Gasteiger partial charge in [0.1, 0.15) is 12.7 Å². The molecule has 0 aromatic rings. The van der Waals surface area contributed by atoms with Crippen molar-refractivity contribution in [3.05, 3.63) is 0 Å². The van der Waals surface area contributed by atoms with Crippen LogP contribution in [-0.4, -0.2) is 73.7 Å². The first kappa shape index (κ1) is 24.1. The predicted octanol–water partition coefficient (Wildman–Crippen LogP) is 0.715. The Morgan fingerprint density at radius 3 is 1.86 bits per heavy atom. The van der Waals surface area contributed by atoms with Gasteiger partial charge in [0.15, 0.2) is 24.6 Å². The molecule has 1 saturated heterocycles. The lowest BCUT2D eigenvalue weighted by molar-refractivity contribution is -0.308. The molecule has 0 spiro atoms. The number of alkyl halides is 1. The summed E-state index contributed by atoms with van der Waals surface area (Å²) in [5.41, 5.74) is 0. The van der Waals surface area contributed by atoms with Crippen LogP contribution in [0.2, 0.25) is 0 Å². The molecule has 160 valence electrons. The van der Waals surface area contributed by atoms with E-state index in [2.05, 4.69) is 0 Å². The van der Waals surface area contributed by atoms with Crippen molar-refractivity contribution >= 4 is 35.5 Å². The van der Waals surface area contributed by atoms with E-state index in [1.165, 1.54) is 6.92 Å². The van der Waals surface area contributed by atoms with Gasteiger partial charge in [-0.2, -0.15) is 0 Å². The Morgan fingerprint density at radius 1 is 0.821 bits per heavy atom. The smallest absolute Gasteiger partial charge is 0.303 e. The van der Waals surface area contributed by atoms with E-state index in [1.807, 2.05) is 0 Å². The van der Waals surface area contributed by atoms with Crippen LogP contribution in [0, 0.1) is 0 Å². The van der Waals surface area contributed by atoms with Crippen LogP contribution in [0.1, 0.15) is 34.1 Å². The summed E-state index contributed by atoms with van der Waals surface area (Å²) in [4.78, 5) is 46.0. The number of ether oxygens (including phenoxy) is 6. The summed E-state index contributed by atoms with van der Waals surface area (Å²) in [5.74, 6) is -2.34. The van der Waals surface area contributed by atoms with Crippen LogP contribution < -0.4 is 0 Å². The van der Waals surface area contributed by atoms with Gasteiger partial charge in [-0.1, -0.05) is 0 Å². The average molecular weight is 425 g/mol. The van der Waals surface area contributed by atoms with Crippen LogP contribution in [0.15, 0.2) is 0 Å². The van der Waals surface area contributed by atoms with Gasteiger partial charge < -0.3 is 28.4 Å². The molecule has 1 aliphatic rings. The van der Waals surface area contributed by atoms with Crippen molar-refractivity contribution in [2.45, 2.75) is 64.8 Å². The molecular weight excluding hydrogens is 400 g/mol. The normalized spacial score (nSPS) is 26.8. The topological polar surface area (TPSA) is 124 Å². The van der Waals surface area contributed by atoms with Crippen LogP contribution in [0.4, 0.5) is 0 Å². The molecule has 10 nitrogen and oxygen atoms in total. The lowest BCUT2D eigenvalue weighted by atomic mass is 9.98. The zero-order chi connectivity index (χ0) is 21.3. The van der Waals surface area contributed by atoms with Gasteiger partial charge in [0.2, 0.25) is 0 Å². The molecule has 11 heteroatoms. The minimum Gasteiger partial charge on any atom is -0.463 e. The minimum atomic E-state index is -1.24. The van der Waals surface area contributed by atoms with E-state index in [0.717, 1.165) is 20.8 Å².